The molecule has 2 aromatic heterocycles. The van der Waals surface area contributed by atoms with E-state index in [0.29, 0.717) is 23.2 Å². The summed E-state index contributed by atoms with van der Waals surface area (Å²) in [6, 6.07) is 21.3. The van der Waals surface area contributed by atoms with Crippen LogP contribution in [0, 0.1) is 5.82 Å². The lowest BCUT2D eigenvalue weighted by atomic mass is 10.2. The number of carbonyl (C=O) groups excluding carboxylic acids is 1. The van der Waals surface area contributed by atoms with Gasteiger partial charge in [-0.05, 0) is 29.8 Å². The smallest absolute Gasteiger partial charge is 0.291 e. The molecule has 5 rings (SSSR count). The maximum atomic E-state index is 13.5. The van der Waals surface area contributed by atoms with Gasteiger partial charge in [-0.3, -0.25) is 9.59 Å². The number of ether oxygens (including phenoxy) is 1. The second-order valence-electron chi connectivity index (χ2n) is 8.19. The van der Waals surface area contributed by atoms with Crippen molar-refractivity contribution < 1.29 is 13.9 Å². The van der Waals surface area contributed by atoms with E-state index in [-0.39, 0.29) is 30.4 Å². The van der Waals surface area contributed by atoms with E-state index in [9.17, 15) is 14.0 Å². The number of benzene rings is 3. The van der Waals surface area contributed by atoms with Crippen LogP contribution in [0.2, 0.25) is 0 Å². The molecule has 0 saturated heterocycles. The Morgan fingerprint density at radius 2 is 1.74 bits per heavy atom. The number of carbonyl (C=O) groups is 1. The molecule has 0 unspecified atom stereocenters. The Kier molecular flexibility index (Phi) is 6.01. The first kappa shape index (κ1) is 22.3. The molecule has 3 aromatic carbocycles. The molecule has 2 heterocycles. The van der Waals surface area contributed by atoms with Crippen LogP contribution in [0.15, 0.2) is 83.8 Å². The van der Waals surface area contributed by atoms with Crippen molar-refractivity contribution in [3.63, 3.8) is 0 Å². The molecule has 0 radical (unpaired) electrons. The molecule has 0 saturated carbocycles. The average Bonchev–Trinajstić information content (AvgIpc) is 3.20. The molecule has 0 atom stereocenters. The third-order valence-electron chi connectivity index (χ3n) is 5.99. The van der Waals surface area contributed by atoms with E-state index in [1.165, 1.54) is 16.8 Å². The molecule has 176 valence electrons. The van der Waals surface area contributed by atoms with Gasteiger partial charge in [-0.2, -0.15) is 5.10 Å². The molecule has 35 heavy (non-hydrogen) atoms. The maximum absolute atomic E-state index is 13.5. The van der Waals surface area contributed by atoms with Crippen molar-refractivity contribution in [2.45, 2.75) is 19.6 Å². The first-order chi connectivity index (χ1) is 17.0. The number of amides is 1. The van der Waals surface area contributed by atoms with E-state index in [2.05, 4.69) is 10.4 Å². The van der Waals surface area contributed by atoms with Crippen molar-refractivity contribution in [2.24, 2.45) is 0 Å². The summed E-state index contributed by atoms with van der Waals surface area (Å²) < 4.78 is 21.8. The van der Waals surface area contributed by atoms with Gasteiger partial charge >= 0.3 is 0 Å². The van der Waals surface area contributed by atoms with Crippen LogP contribution in [0.4, 0.5) is 4.39 Å². The van der Waals surface area contributed by atoms with Gasteiger partial charge in [0.1, 0.15) is 23.6 Å². The van der Waals surface area contributed by atoms with E-state index in [1.807, 2.05) is 53.1 Å². The number of para-hydroxylation sites is 2. The normalized spacial score (nSPS) is 11.1. The molecular formula is C27H23FN4O3. The van der Waals surface area contributed by atoms with Crippen LogP contribution in [-0.2, 0) is 24.4 Å². The first-order valence-corrected chi connectivity index (χ1v) is 11.2. The Labute approximate surface area is 200 Å². The molecule has 0 aliphatic carbocycles. The van der Waals surface area contributed by atoms with Crippen LogP contribution in [0.1, 0.15) is 11.1 Å². The monoisotopic (exact) mass is 470 g/mol. The number of aromatic nitrogens is 3. The van der Waals surface area contributed by atoms with E-state index in [4.69, 9.17) is 4.74 Å². The number of hydrogen-bond donors (Lipinski definition) is 1. The number of halogens is 1. The highest BCUT2D eigenvalue weighted by atomic mass is 19.1. The molecule has 0 bridgehead atoms. The van der Waals surface area contributed by atoms with Gasteiger partial charge in [0, 0.05) is 34.9 Å². The highest BCUT2D eigenvalue weighted by molar-refractivity contribution is 6.07. The SMILES string of the molecule is COc1ccccc1CNC(=O)Cn1ncc2c3ccccc3n(Cc3ccc(F)cc3)c2c1=O. The fourth-order valence-electron chi connectivity index (χ4n) is 4.28. The van der Waals surface area contributed by atoms with Gasteiger partial charge in [0.2, 0.25) is 5.91 Å². The van der Waals surface area contributed by atoms with Crippen LogP contribution < -0.4 is 15.6 Å². The van der Waals surface area contributed by atoms with Crippen molar-refractivity contribution in [2.75, 3.05) is 7.11 Å². The number of nitrogens with zero attached hydrogens (tertiary/aromatic N) is 3. The Morgan fingerprint density at radius 1 is 1.00 bits per heavy atom. The number of fused-ring (bicyclic) bond motifs is 3. The minimum Gasteiger partial charge on any atom is -0.496 e. The lowest BCUT2D eigenvalue weighted by Gasteiger charge is -2.11. The van der Waals surface area contributed by atoms with Crippen molar-refractivity contribution in [1.82, 2.24) is 19.7 Å². The Hall–Kier alpha value is -4.46. The fraction of sp³-hybridized carbons (Fsp3) is 0.148. The summed E-state index contributed by atoms with van der Waals surface area (Å²) in [7, 11) is 1.57. The molecular weight excluding hydrogens is 447 g/mol. The van der Waals surface area contributed by atoms with Gasteiger partial charge in [0.15, 0.2) is 0 Å². The number of nitrogens with one attached hydrogen (secondary N) is 1. The molecule has 8 heteroatoms. The first-order valence-electron chi connectivity index (χ1n) is 11.2. The summed E-state index contributed by atoms with van der Waals surface area (Å²) >= 11 is 0. The van der Waals surface area contributed by atoms with Gasteiger partial charge in [0.25, 0.3) is 5.56 Å². The van der Waals surface area contributed by atoms with Gasteiger partial charge in [-0.15, -0.1) is 0 Å². The van der Waals surface area contributed by atoms with E-state index in [1.54, 1.807) is 25.4 Å². The zero-order valence-corrected chi connectivity index (χ0v) is 19.1. The van der Waals surface area contributed by atoms with E-state index in [0.717, 1.165) is 22.0 Å². The quantitative estimate of drug-likeness (QED) is 0.392. The van der Waals surface area contributed by atoms with Crippen molar-refractivity contribution in [1.29, 1.82) is 0 Å². The topological polar surface area (TPSA) is 78.2 Å². The number of hydrogen-bond acceptors (Lipinski definition) is 4. The predicted octanol–water partition coefficient (Wildman–Crippen LogP) is 3.86. The van der Waals surface area contributed by atoms with Gasteiger partial charge in [-0.25, -0.2) is 9.07 Å². The second kappa shape index (κ2) is 9.42. The number of rotatable bonds is 7. The third-order valence-corrected chi connectivity index (χ3v) is 5.99. The summed E-state index contributed by atoms with van der Waals surface area (Å²) in [6.45, 7) is 0.427. The zero-order chi connectivity index (χ0) is 24.4. The minimum atomic E-state index is -0.367. The molecule has 1 amide bonds. The number of methoxy groups -OCH3 is 1. The summed E-state index contributed by atoms with van der Waals surface area (Å²) in [5, 5.41) is 8.69. The summed E-state index contributed by atoms with van der Waals surface area (Å²) in [5.41, 5.74) is 2.63. The van der Waals surface area contributed by atoms with Crippen LogP contribution in [-0.4, -0.2) is 27.4 Å². The molecule has 7 nitrogen and oxygen atoms in total. The van der Waals surface area contributed by atoms with E-state index < -0.39 is 0 Å². The zero-order valence-electron chi connectivity index (χ0n) is 19.1. The van der Waals surface area contributed by atoms with Crippen molar-refractivity contribution in [3.8, 4) is 5.75 Å². The standard InChI is InChI=1S/C27H23FN4O3/c1-35-24-9-5-2-6-19(24)14-29-25(33)17-32-27(34)26-22(15-30-32)21-7-3-4-8-23(21)31(26)16-18-10-12-20(28)13-11-18/h2-13,15H,14,16-17H2,1H3,(H,29,33). The Morgan fingerprint density at radius 3 is 2.54 bits per heavy atom. The molecule has 1 N–H and O–H groups in total. The van der Waals surface area contributed by atoms with Gasteiger partial charge in [0.05, 0.1) is 13.3 Å². The summed E-state index contributed by atoms with van der Waals surface area (Å²) in [5.74, 6) is 0.0162. The Balaban J connectivity index is 1.48. The highest BCUT2D eigenvalue weighted by Crippen LogP contribution is 2.27. The summed E-state index contributed by atoms with van der Waals surface area (Å²) in [6.07, 6.45) is 1.62. The van der Waals surface area contributed by atoms with Crippen LogP contribution >= 0.6 is 0 Å². The van der Waals surface area contributed by atoms with Crippen LogP contribution in [0.5, 0.6) is 5.75 Å². The molecule has 0 spiro atoms. The fourth-order valence-corrected chi connectivity index (χ4v) is 4.28. The van der Waals surface area contributed by atoms with Crippen molar-refractivity contribution in [3.05, 3.63) is 106 Å². The van der Waals surface area contributed by atoms with Crippen LogP contribution in [0.25, 0.3) is 21.8 Å². The average molecular weight is 471 g/mol. The molecule has 0 aliphatic rings. The highest BCUT2D eigenvalue weighted by Gasteiger charge is 2.17. The largest absolute Gasteiger partial charge is 0.496 e. The van der Waals surface area contributed by atoms with E-state index >= 15 is 0 Å². The lowest BCUT2D eigenvalue weighted by molar-refractivity contribution is -0.122. The Bertz CT molecular complexity index is 1590. The lowest BCUT2D eigenvalue weighted by Crippen LogP contribution is -2.34. The van der Waals surface area contributed by atoms with Crippen molar-refractivity contribution >= 4 is 27.7 Å². The van der Waals surface area contributed by atoms with Gasteiger partial charge < -0.3 is 14.6 Å². The second-order valence-corrected chi connectivity index (χ2v) is 8.19. The predicted molar refractivity (Wildman–Crippen MR) is 132 cm³/mol. The minimum absolute atomic E-state index is 0.220. The molecule has 5 aromatic rings. The summed E-state index contributed by atoms with van der Waals surface area (Å²) in [4.78, 5) is 26.2. The van der Waals surface area contributed by atoms with Crippen LogP contribution in [0.3, 0.4) is 0 Å². The molecule has 0 aliphatic heterocycles. The van der Waals surface area contributed by atoms with Gasteiger partial charge in [-0.1, -0.05) is 48.5 Å². The third kappa shape index (κ3) is 4.38. The maximum Gasteiger partial charge on any atom is 0.291 e. The molecule has 0 fully saturated rings.